The lowest BCUT2D eigenvalue weighted by Gasteiger charge is -2.40. The zero-order chi connectivity index (χ0) is 39.4. The normalized spacial score (nSPS) is 17.1. The van der Waals surface area contributed by atoms with Crippen LogP contribution in [0.25, 0.3) is 11.3 Å². The smallest absolute Gasteiger partial charge is 0.410 e. The number of hydrogen-bond donors (Lipinski definition) is 1. The standard InChI is InChI=1S/C40H42Cl2F2N4O7/c1-40(2,3)54-39(51)47-16-15-29(24-6-10-27(11-7-24)53-22-28-18-34(46-55-28)35-32(43)13-14-33(44)36(35)42)30(21-47)37(49)48(26-8-9-26)20-25-17-23(5-12-31(25)41)19-45-38(50)52-4/h5-7,10-14,17-18,26,29-30H,8-9,15-16,19-22H2,1-4H3,(H,45,50). The average Bonchev–Trinajstić information content (AvgIpc) is 3.90. The van der Waals surface area contributed by atoms with Gasteiger partial charge in [0.1, 0.15) is 35.3 Å². The molecule has 3 amide bonds. The van der Waals surface area contributed by atoms with Gasteiger partial charge < -0.3 is 33.9 Å². The maximum absolute atomic E-state index is 14.7. The molecule has 0 bridgehead atoms. The van der Waals surface area contributed by atoms with E-state index < -0.39 is 40.4 Å². The highest BCUT2D eigenvalue weighted by atomic mass is 35.5. The summed E-state index contributed by atoms with van der Waals surface area (Å²) in [4.78, 5) is 43.1. The molecule has 6 rings (SSSR count). The Morgan fingerprint density at radius 3 is 2.42 bits per heavy atom. The van der Waals surface area contributed by atoms with Crippen LogP contribution in [0.15, 0.2) is 65.2 Å². The van der Waals surface area contributed by atoms with Crippen LogP contribution in [-0.4, -0.2) is 64.9 Å². The number of alkyl carbamates (subject to hydrolysis) is 1. The van der Waals surface area contributed by atoms with Crippen LogP contribution in [-0.2, 0) is 34.0 Å². The number of amides is 3. The number of halogens is 4. The van der Waals surface area contributed by atoms with Crippen molar-refractivity contribution >= 4 is 41.3 Å². The Labute approximate surface area is 327 Å². The first-order valence-corrected chi connectivity index (χ1v) is 18.7. The molecule has 11 nitrogen and oxygen atoms in total. The molecule has 1 N–H and O–H groups in total. The third-order valence-electron chi connectivity index (χ3n) is 9.47. The van der Waals surface area contributed by atoms with Crippen molar-refractivity contribution in [2.45, 2.75) is 77.3 Å². The summed E-state index contributed by atoms with van der Waals surface area (Å²) in [5.74, 6) is -1.65. The largest absolute Gasteiger partial charge is 0.486 e. The summed E-state index contributed by atoms with van der Waals surface area (Å²) in [5, 5.41) is 6.61. The van der Waals surface area contributed by atoms with Crippen molar-refractivity contribution < 1.29 is 41.9 Å². The van der Waals surface area contributed by atoms with Gasteiger partial charge >= 0.3 is 12.2 Å². The van der Waals surface area contributed by atoms with Crippen molar-refractivity contribution in [3.8, 4) is 17.0 Å². The van der Waals surface area contributed by atoms with Crippen molar-refractivity contribution in [1.29, 1.82) is 0 Å². The summed E-state index contributed by atoms with van der Waals surface area (Å²) >= 11 is 12.6. The topological polar surface area (TPSA) is 123 Å². The number of ether oxygens (including phenoxy) is 3. The molecule has 1 saturated carbocycles. The molecule has 1 saturated heterocycles. The Hall–Kier alpha value is -4.88. The molecule has 55 heavy (non-hydrogen) atoms. The van der Waals surface area contributed by atoms with E-state index in [2.05, 4.69) is 15.2 Å². The SMILES string of the molecule is COC(=O)NCc1ccc(Cl)c(CN(C(=O)C2CN(C(=O)OC(C)(C)C)CCC2c2ccc(OCc3cc(-c4c(F)ccc(F)c4Cl)no3)cc2)C2CC2)c1. The molecule has 2 heterocycles. The number of nitrogens with zero attached hydrogens (tertiary/aromatic N) is 3. The fourth-order valence-corrected chi connectivity index (χ4v) is 7.02. The first kappa shape index (κ1) is 39.8. The first-order valence-electron chi connectivity index (χ1n) is 17.9. The van der Waals surface area contributed by atoms with Crippen LogP contribution in [0.1, 0.15) is 68.4 Å². The summed E-state index contributed by atoms with van der Waals surface area (Å²) < 4.78 is 50.0. The Balaban J connectivity index is 1.20. The molecule has 2 unspecified atom stereocenters. The van der Waals surface area contributed by atoms with E-state index in [0.29, 0.717) is 23.7 Å². The van der Waals surface area contributed by atoms with Crippen LogP contribution in [0.2, 0.25) is 10.0 Å². The van der Waals surface area contributed by atoms with E-state index in [1.165, 1.54) is 13.2 Å². The molecule has 1 aliphatic carbocycles. The zero-order valence-electron chi connectivity index (χ0n) is 30.9. The molecule has 1 aromatic heterocycles. The van der Waals surface area contributed by atoms with Gasteiger partial charge in [-0.3, -0.25) is 4.79 Å². The van der Waals surface area contributed by atoms with Crippen LogP contribution < -0.4 is 10.1 Å². The average molecular weight is 800 g/mol. The van der Waals surface area contributed by atoms with Gasteiger partial charge in [-0.25, -0.2) is 18.4 Å². The van der Waals surface area contributed by atoms with Gasteiger partial charge in [-0.2, -0.15) is 0 Å². The number of hydrogen-bond acceptors (Lipinski definition) is 8. The van der Waals surface area contributed by atoms with Gasteiger partial charge in [0.05, 0.1) is 23.6 Å². The lowest BCUT2D eigenvalue weighted by molar-refractivity contribution is -0.139. The number of methoxy groups -OCH3 is 1. The van der Waals surface area contributed by atoms with E-state index in [4.69, 9.17) is 37.2 Å². The highest BCUT2D eigenvalue weighted by Gasteiger charge is 2.43. The maximum Gasteiger partial charge on any atom is 0.410 e. The fraction of sp³-hybridized carbons (Fsp3) is 0.400. The predicted octanol–water partition coefficient (Wildman–Crippen LogP) is 8.89. The summed E-state index contributed by atoms with van der Waals surface area (Å²) in [5.41, 5.74) is 1.58. The van der Waals surface area contributed by atoms with Crippen LogP contribution in [0.4, 0.5) is 18.4 Å². The van der Waals surface area contributed by atoms with Gasteiger partial charge in [0.25, 0.3) is 0 Å². The van der Waals surface area contributed by atoms with Crippen molar-refractivity contribution in [3.05, 3.63) is 105 Å². The van der Waals surface area contributed by atoms with Gasteiger partial charge in [-0.15, -0.1) is 0 Å². The summed E-state index contributed by atoms with van der Waals surface area (Å²) in [6, 6.07) is 16.1. The van der Waals surface area contributed by atoms with Gasteiger partial charge in [0.15, 0.2) is 5.76 Å². The van der Waals surface area contributed by atoms with Crippen LogP contribution in [0.5, 0.6) is 5.75 Å². The third kappa shape index (κ3) is 9.87. The second kappa shape index (κ2) is 16.9. The highest BCUT2D eigenvalue weighted by Crippen LogP contribution is 2.39. The van der Waals surface area contributed by atoms with E-state index in [1.807, 2.05) is 23.1 Å². The zero-order valence-corrected chi connectivity index (χ0v) is 32.4. The van der Waals surface area contributed by atoms with Gasteiger partial charge in [0, 0.05) is 43.3 Å². The number of aromatic nitrogens is 1. The lowest BCUT2D eigenvalue weighted by Crippen LogP contribution is -2.51. The molecule has 2 aliphatic rings. The van der Waals surface area contributed by atoms with Gasteiger partial charge in [-0.05, 0) is 93.0 Å². The second-order valence-corrected chi connectivity index (χ2v) is 15.4. The molecule has 4 aromatic rings. The second-order valence-electron chi connectivity index (χ2n) is 14.7. The fourth-order valence-electron chi connectivity index (χ4n) is 6.60. The number of benzene rings is 3. The lowest BCUT2D eigenvalue weighted by atomic mass is 9.79. The van der Waals surface area contributed by atoms with Crippen molar-refractivity contribution in [1.82, 2.24) is 20.3 Å². The van der Waals surface area contributed by atoms with Crippen LogP contribution in [0.3, 0.4) is 0 Å². The Kier molecular flexibility index (Phi) is 12.2. The third-order valence-corrected chi connectivity index (χ3v) is 10.2. The van der Waals surface area contributed by atoms with Crippen molar-refractivity contribution in [2.75, 3.05) is 20.2 Å². The number of nitrogens with one attached hydrogen (secondary N) is 1. The number of carbonyl (C=O) groups is 3. The number of likely N-dealkylation sites (tertiary alicyclic amines) is 1. The molecule has 0 spiro atoms. The monoisotopic (exact) mass is 798 g/mol. The van der Waals surface area contributed by atoms with Crippen LogP contribution >= 0.6 is 23.2 Å². The molecule has 15 heteroatoms. The Morgan fingerprint density at radius 1 is 1.00 bits per heavy atom. The molecule has 292 valence electrons. The molecule has 0 radical (unpaired) electrons. The molecule has 2 fully saturated rings. The minimum absolute atomic E-state index is 0.0267. The number of piperidine rings is 1. The van der Waals surface area contributed by atoms with Crippen molar-refractivity contribution in [2.24, 2.45) is 5.92 Å². The summed E-state index contributed by atoms with van der Waals surface area (Å²) in [6.45, 7) is 6.42. The maximum atomic E-state index is 14.7. The Bertz CT molecular complexity index is 2030. The minimum Gasteiger partial charge on any atom is -0.486 e. The Morgan fingerprint density at radius 2 is 1.73 bits per heavy atom. The first-order chi connectivity index (χ1) is 26.2. The van der Waals surface area contributed by atoms with Crippen molar-refractivity contribution in [3.63, 3.8) is 0 Å². The van der Waals surface area contributed by atoms with E-state index >= 15 is 0 Å². The number of rotatable bonds is 11. The van der Waals surface area contributed by atoms with E-state index in [1.54, 1.807) is 49.9 Å². The van der Waals surface area contributed by atoms with Crippen LogP contribution in [0, 0.1) is 17.6 Å². The van der Waals surface area contributed by atoms with E-state index in [9.17, 15) is 23.2 Å². The van der Waals surface area contributed by atoms with Gasteiger partial charge in [0.2, 0.25) is 5.91 Å². The molecule has 2 atom stereocenters. The minimum atomic E-state index is -0.778. The van der Waals surface area contributed by atoms with Gasteiger partial charge in [-0.1, -0.05) is 52.6 Å². The molecular weight excluding hydrogens is 757 g/mol. The highest BCUT2D eigenvalue weighted by molar-refractivity contribution is 6.33. The van der Waals surface area contributed by atoms with E-state index in [-0.39, 0.29) is 61.1 Å². The quantitative estimate of drug-likeness (QED) is 0.149. The number of carbonyl (C=O) groups excluding carboxylic acids is 3. The van der Waals surface area contributed by atoms with E-state index in [0.717, 1.165) is 41.7 Å². The molecule has 3 aromatic carbocycles. The summed E-state index contributed by atoms with van der Waals surface area (Å²) in [6.07, 6.45) is 1.19. The predicted molar refractivity (Wildman–Crippen MR) is 201 cm³/mol. The molecular formula is C40H42Cl2F2N4O7. The molecule has 1 aliphatic heterocycles. The summed E-state index contributed by atoms with van der Waals surface area (Å²) in [7, 11) is 1.29.